The molecule has 1 aliphatic heterocycles. The molecule has 0 saturated carbocycles. The maximum atomic E-state index is 12.0. The van der Waals surface area contributed by atoms with E-state index in [0.29, 0.717) is 12.5 Å². The smallest absolute Gasteiger partial charge is 0.303 e. The van der Waals surface area contributed by atoms with Crippen LogP contribution in [0.5, 0.6) is 0 Å². The average Bonchev–Trinajstić information content (AvgIpc) is 2.35. The van der Waals surface area contributed by atoms with Crippen LogP contribution in [0, 0.1) is 11.8 Å². The summed E-state index contributed by atoms with van der Waals surface area (Å²) in [5.74, 6) is 0.154. The molecule has 0 aromatic carbocycles. The van der Waals surface area contributed by atoms with Gasteiger partial charge in [-0.15, -0.1) is 0 Å². The van der Waals surface area contributed by atoms with Crippen molar-refractivity contribution in [2.75, 3.05) is 19.6 Å². The molecule has 0 aromatic heterocycles. The van der Waals surface area contributed by atoms with E-state index in [2.05, 4.69) is 24.1 Å². The molecule has 122 valence electrons. The predicted molar refractivity (Wildman–Crippen MR) is 83.1 cm³/mol. The third kappa shape index (κ3) is 8.05. The molecule has 0 aliphatic carbocycles. The quantitative estimate of drug-likeness (QED) is 0.720. The molecule has 1 saturated heterocycles. The van der Waals surface area contributed by atoms with Crippen LogP contribution in [0.1, 0.15) is 52.9 Å². The lowest BCUT2D eigenvalue weighted by Gasteiger charge is -2.31. The second-order valence-corrected chi connectivity index (χ2v) is 6.78. The second kappa shape index (κ2) is 9.03. The largest absolute Gasteiger partial charge is 0.481 e. The molecule has 5 heteroatoms. The molecule has 2 N–H and O–H groups in total. The van der Waals surface area contributed by atoms with Crippen LogP contribution in [0.4, 0.5) is 0 Å². The van der Waals surface area contributed by atoms with Crippen LogP contribution in [0.25, 0.3) is 0 Å². The Hall–Kier alpha value is -1.10. The molecule has 0 bridgehead atoms. The first-order valence-electron chi connectivity index (χ1n) is 8.10. The number of hydrogen-bond donors (Lipinski definition) is 2. The van der Waals surface area contributed by atoms with Gasteiger partial charge in [-0.1, -0.05) is 13.8 Å². The number of rotatable bonds is 8. The van der Waals surface area contributed by atoms with Crippen molar-refractivity contribution >= 4 is 11.9 Å². The van der Waals surface area contributed by atoms with Gasteiger partial charge in [-0.25, -0.2) is 0 Å². The molecule has 1 fully saturated rings. The van der Waals surface area contributed by atoms with Crippen LogP contribution in [0.2, 0.25) is 0 Å². The number of hydrogen-bond acceptors (Lipinski definition) is 3. The Morgan fingerprint density at radius 1 is 1.29 bits per heavy atom. The maximum absolute atomic E-state index is 12.0. The predicted octanol–water partition coefficient (Wildman–Crippen LogP) is 2.11. The highest BCUT2D eigenvalue weighted by Gasteiger charge is 2.23. The number of nitrogens with one attached hydrogen (secondary N) is 1. The van der Waals surface area contributed by atoms with Gasteiger partial charge in [-0.2, -0.15) is 0 Å². The van der Waals surface area contributed by atoms with Gasteiger partial charge >= 0.3 is 5.97 Å². The Morgan fingerprint density at radius 2 is 2.00 bits per heavy atom. The zero-order valence-electron chi connectivity index (χ0n) is 13.6. The first kappa shape index (κ1) is 18.0. The van der Waals surface area contributed by atoms with Gasteiger partial charge < -0.3 is 10.4 Å². The molecule has 2 unspecified atom stereocenters. The monoisotopic (exact) mass is 298 g/mol. The van der Waals surface area contributed by atoms with Crippen molar-refractivity contribution < 1.29 is 14.7 Å². The fourth-order valence-corrected chi connectivity index (χ4v) is 2.89. The third-order valence-electron chi connectivity index (χ3n) is 4.02. The normalized spacial score (nSPS) is 21.2. The fraction of sp³-hybridized carbons (Fsp3) is 0.875. The molecule has 2 atom stereocenters. The Bertz CT molecular complexity index is 344. The average molecular weight is 298 g/mol. The topological polar surface area (TPSA) is 69.6 Å². The summed E-state index contributed by atoms with van der Waals surface area (Å²) in [4.78, 5) is 24.9. The Kier molecular flexibility index (Phi) is 7.72. The van der Waals surface area contributed by atoms with Crippen LogP contribution in [-0.4, -0.2) is 47.6 Å². The zero-order valence-corrected chi connectivity index (χ0v) is 13.6. The van der Waals surface area contributed by atoms with Gasteiger partial charge in [0.15, 0.2) is 0 Å². The van der Waals surface area contributed by atoms with Crippen LogP contribution in [0.3, 0.4) is 0 Å². The van der Waals surface area contributed by atoms with Crippen LogP contribution in [-0.2, 0) is 9.59 Å². The summed E-state index contributed by atoms with van der Waals surface area (Å²) >= 11 is 0. The molecule has 0 spiro atoms. The number of carboxylic acids is 1. The molecular formula is C16H30N2O3. The van der Waals surface area contributed by atoms with Gasteiger partial charge in [0.25, 0.3) is 0 Å². The number of likely N-dealkylation sites (tertiary alicyclic amines) is 1. The number of carbonyl (C=O) groups excluding carboxylic acids is 1. The van der Waals surface area contributed by atoms with Gasteiger partial charge in [0, 0.05) is 19.0 Å². The molecule has 1 rings (SSSR count). The minimum absolute atomic E-state index is 0.0576. The first-order valence-corrected chi connectivity index (χ1v) is 8.10. The van der Waals surface area contributed by atoms with E-state index in [-0.39, 0.29) is 24.3 Å². The van der Waals surface area contributed by atoms with E-state index >= 15 is 0 Å². The van der Waals surface area contributed by atoms with Crippen LogP contribution >= 0.6 is 0 Å². The summed E-state index contributed by atoms with van der Waals surface area (Å²) in [5, 5.41) is 11.9. The van der Waals surface area contributed by atoms with Crippen molar-refractivity contribution in [3.63, 3.8) is 0 Å². The number of carboxylic acid groups (broad SMARTS) is 1. The molecule has 0 aromatic rings. The Morgan fingerprint density at radius 3 is 2.62 bits per heavy atom. The highest BCUT2D eigenvalue weighted by atomic mass is 16.4. The first-order chi connectivity index (χ1) is 9.86. The van der Waals surface area contributed by atoms with Gasteiger partial charge in [-0.05, 0) is 51.0 Å². The summed E-state index contributed by atoms with van der Waals surface area (Å²) in [6.45, 7) is 8.42. The maximum Gasteiger partial charge on any atom is 0.303 e. The Labute approximate surface area is 128 Å². The fourth-order valence-electron chi connectivity index (χ4n) is 2.89. The lowest BCUT2D eigenvalue weighted by molar-refractivity contribution is -0.138. The standard InChI is InChI=1S/C16H30N2O3/c1-12(2)6-7-13(3)17-15(19)11-18-8-4-5-14(10-18)9-16(20)21/h12-14H,4-11H2,1-3H3,(H,17,19)(H,20,21). The minimum atomic E-state index is -0.742. The van der Waals surface area contributed by atoms with Crippen molar-refractivity contribution in [3.05, 3.63) is 0 Å². The summed E-state index contributed by atoms with van der Waals surface area (Å²) in [5.41, 5.74) is 0. The number of piperidine rings is 1. The molecule has 5 nitrogen and oxygen atoms in total. The number of nitrogens with zero attached hydrogens (tertiary/aromatic N) is 1. The second-order valence-electron chi connectivity index (χ2n) is 6.78. The van der Waals surface area contributed by atoms with E-state index in [9.17, 15) is 9.59 Å². The molecular weight excluding hydrogens is 268 g/mol. The summed E-state index contributed by atoms with van der Waals surface area (Å²) in [7, 11) is 0. The van der Waals surface area contributed by atoms with E-state index in [1.54, 1.807) is 0 Å². The summed E-state index contributed by atoms with van der Waals surface area (Å²) in [6.07, 6.45) is 4.27. The highest BCUT2D eigenvalue weighted by molar-refractivity contribution is 5.78. The van der Waals surface area contributed by atoms with Gasteiger partial charge in [0.2, 0.25) is 5.91 Å². The number of amides is 1. The van der Waals surface area contributed by atoms with Crippen molar-refractivity contribution in [2.24, 2.45) is 11.8 Å². The summed E-state index contributed by atoms with van der Waals surface area (Å²) < 4.78 is 0. The van der Waals surface area contributed by atoms with Crippen LogP contribution in [0.15, 0.2) is 0 Å². The molecule has 0 radical (unpaired) electrons. The van der Waals surface area contributed by atoms with Crippen molar-refractivity contribution in [1.29, 1.82) is 0 Å². The van der Waals surface area contributed by atoms with E-state index in [1.807, 2.05) is 6.92 Å². The van der Waals surface area contributed by atoms with Gasteiger partial charge in [0.1, 0.15) is 0 Å². The van der Waals surface area contributed by atoms with Crippen LogP contribution < -0.4 is 5.32 Å². The summed E-state index contributed by atoms with van der Waals surface area (Å²) in [6, 6.07) is 0.208. The van der Waals surface area contributed by atoms with Gasteiger partial charge in [0.05, 0.1) is 6.54 Å². The molecule has 1 aliphatic rings. The van der Waals surface area contributed by atoms with E-state index < -0.39 is 5.97 Å². The van der Waals surface area contributed by atoms with E-state index in [4.69, 9.17) is 5.11 Å². The lowest BCUT2D eigenvalue weighted by Crippen LogP contribution is -2.45. The lowest BCUT2D eigenvalue weighted by atomic mass is 9.95. The molecule has 1 heterocycles. The Balaban J connectivity index is 2.28. The van der Waals surface area contributed by atoms with Crippen molar-refractivity contribution in [2.45, 2.75) is 58.9 Å². The zero-order chi connectivity index (χ0) is 15.8. The van der Waals surface area contributed by atoms with Crippen molar-refractivity contribution in [3.8, 4) is 0 Å². The molecule has 21 heavy (non-hydrogen) atoms. The minimum Gasteiger partial charge on any atom is -0.481 e. The number of aliphatic carboxylic acids is 1. The SMILES string of the molecule is CC(C)CCC(C)NC(=O)CN1CCCC(CC(=O)O)C1. The highest BCUT2D eigenvalue weighted by Crippen LogP contribution is 2.19. The van der Waals surface area contributed by atoms with E-state index in [0.717, 1.165) is 38.8 Å². The van der Waals surface area contributed by atoms with E-state index in [1.165, 1.54) is 0 Å². The number of carbonyl (C=O) groups is 2. The van der Waals surface area contributed by atoms with Gasteiger partial charge in [-0.3, -0.25) is 14.5 Å². The molecule has 1 amide bonds. The van der Waals surface area contributed by atoms with Crippen molar-refractivity contribution in [1.82, 2.24) is 10.2 Å². The third-order valence-corrected chi connectivity index (χ3v) is 4.02.